The second kappa shape index (κ2) is 7.70. The number of aromatic nitrogens is 1. The van der Waals surface area contributed by atoms with Gasteiger partial charge in [-0.25, -0.2) is 4.79 Å². The number of rotatable bonds is 4. The molecule has 1 aliphatic heterocycles. The smallest absolute Gasteiger partial charge is 0.379 e. The zero-order chi connectivity index (χ0) is 22.2. The normalized spacial score (nSPS) is 13.8. The van der Waals surface area contributed by atoms with Gasteiger partial charge in [-0.15, -0.1) is 0 Å². The van der Waals surface area contributed by atoms with Crippen LogP contribution < -0.4 is 14.2 Å². The summed E-state index contributed by atoms with van der Waals surface area (Å²) in [6.07, 6.45) is 4.92. The molecule has 0 radical (unpaired) electrons. The van der Waals surface area contributed by atoms with E-state index < -0.39 is 5.97 Å². The number of hydrogen-bond donors (Lipinski definition) is 0. The third-order valence-electron chi connectivity index (χ3n) is 5.09. The lowest BCUT2D eigenvalue weighted by Gasteiger charge is -2.06. The number of fused-ring (bicyclic) bond motifs is 2. The lowest BCUT2D eigenvalue weighted by molar-refractivity contribution is 0.0703. The van der Waals surface area contributed by atoms with Gasteiger partial charge in [0.25, 0.3) is 0 Å². The highest BCUT2D eigenvalue weighted by atomic mass is 16.6. The molecule has 0 N–H and O–H groups in total. The Morgan fingerprint density at radius 3 is 2.69 bits per heavy atom. The first-order chi connectivity index (χ1) is 15.5. The molecule has 32 heavy (non-hydrogen) atoms. The van der Waals surface area contributed by atoms with E-state index in [0.29, 0.717) is 28.2 Å². The number of carbonyl (C=O) groups excluding carboxylic acids is 2. The summed E-state index contributed by atoms with van der Waals surface area (Å²) in [6, 6.07) is 13.6. The molecule has 0 fully saturated rings. The lowest BCUT2D eigenvalue weighted by Crippen LogP contribution is -2.07. The molecule has 4 aromatic rings. The molecule has 0 spiro atoms. The molecule has 7 heteroatoms. The van der Waals surface area contributed by atoms with Crippen molar-refractivity contribution in [1.82, 2.24) is 4.98 Å². The molecule has 2 aromatic heterocycles. The van der Waals surface area contributed by atoms with E-state index in [-0.39, 0.29) is 23.1 Å². The quantitative estimate of drug-likeness (QED) is 0.258. The van der Waals surface area contributed by atoms with E-state index in [1.165, 1.54) is 13.2 Å². The first-order valence-electron chi connectivity index (χ1n) is 9.81. The van der Waals surface area contributed by atoms with Crippen LogP contribution in [-0.2, 0) is 0 Å². The van der Waals surface area contributed by atoms with Crippen molar-refractivity contribution < 1.29 is 28.2 Å². The van der Waals surface area contributed by atoms with Crippen LogP contribution in [0.3, 0.4) is 0 Å². The monoisotopic (exact) mass is 427 g/mol. The van der Waals surface area contributed by atoms with Crippen LogP contribution in [0.1, 0.15) is 32.0 Å². The number of aryl methyl sites for hydroxylation is 1. The van der Waals surface area contributed by atoms with Crippen LogP contribution in [0.4, 0.5) is 0 Å². The highest BCUT2D eigenvalue weighted by Gasteiger charge is 2.30. The maximum absolute atomic E-state index is 12.8. The minimum atomic E-state index is -0.667. The average Bonchev–Trinajstić information content (AvgIpc) is 3.36. The van der Waals surface area contributed by atoms with E-state index in [9.17, 15) is 9.59 Å². The largest absolute Gasteiger partial charge is 0.493 e. The third-order valence-corrected chi connectivity index (χ3v) is 5.09. The molecule has 0 aliphatic carbocycles. The van der Waals surface area contributed by atoms with Gasteiger partial charge in [-0.1, -0.05) is 12.1 Å². The molecule has 0 amide bonds. The summed E-state index contributed by atoms with van der Waals surface area (Å²) >= 11 is 0. The first kappa shape index (κ1) is 19.6. The van der Waals surface area contributed by atoms with Crippen molar-refractivity contribution in [2.75, 3.05) is 7.11 Å². The molecule has 0 atom stereocenters. The Morgan fingerprint density at radius 1 is 1.09 bits per heavy atom. The fourth-order valence-corrected chi connectivity index (χ4v) is 3.60. The molecule has 158 valence electrons. The molecule has 2 aromatic carbocycles. The maximum atomic E-state index is 12.8. The number of Topliss-reactive ketones (excluding diaryl/α,β-unsaturated/α-hetero) is 1. The van der Waals surface area contributed by atoms with Gasteiger partial charge in [-0.05, 0) is 54.5 Å². The molecular weight excluding hydrogens is 410 g/mol. The Kier molecular flexibility index (Phi) is 4.71. The number of benzene rings is 2. The van der Waals surface area contributed by atoms with Crippen LogP contribution in [-0.4, -0.2) is 23.8 Å². The van der Waals surface area contributed by atoms with Crippen LogP contribution in [0.5, 0.6) is 17.2 Å². The number of allylic oxidation sites excluding steroid dienone is 1. The van der Waals surface area contributed by atoms with Crippen molar-refractivity contribution in [2.45, 2.75) is 6.92 Å². The molecule has 0 bridgehead atoms. The zero-order valence-electron chi connectivity index (χ0n) is 17.2. The third kappa shape index (κ3) is 3.39. The SMILES string of the molecule is COc1cccc2cc(C(=O)Oc3cc(C)c4c(c3)O/C(=C\c3ccncc3)C4=O)oc12. The Balaban J connectivity index is 1.42. The lowest BCUT2D eigenvalue weighted by atomic mass is 10.0. The summed E-state index contributed by atoms with van der Waals surface area (Å²) in [5.41, 5.74) is 2.34. The second-order valence-corrected chi connectivity index (χ2v) is 7.21. The highest BCUT2D eigenvalue weighted by molar-refractivity contribution is 6.15. The molecule has 5 rings (SSSR count). The van der Waals surface area contributed by atoms with Gasteiger partial charge in [0.1, 0.15) is 11.5 Å². The molecule has 0 saturated carbocycles. The van der Waals surface area contributed by atoms with Gasteiger partial charge in [0, 0.05) is 23.8 Å². The van der Waals surface area contributed by atoms with Crippen LogP contribution in [0.2, 0.25) is 0 Å². The van der Waals surface area contributed by atoms with Crippen LogP contribution in [0.15, 0.2) is 71.1 Å². The number of furan rings is 1. The van der Waals surface area contributed by atoms with Gasteiger partial charge in [0.15, 0.2) is 17.1 Å². The molecule has 0 saturated heterocycles. The van der Waals surface area contributed by atoms with E-state index in [1.807, 2.05) is 6.07 Å². The minimum Gasteiger partial charge on any atom is -0.493 e. The predicted molar refractivity (Wildman–Crippen MR) is 116 cm³/mol. The Hall–Kier alpha value is -4.39. The van der Waals surface area contributed by atoms with Crippen LogP contribution in [0, 0.1) is 6.92 Å². The summed E-state index contributed by atoms with van der Waals surface area (Å²) in [5.74, 6) is 0.451. The number of esters is 1. The van der Waals surface area contributed by atoms with Gasteiger partial charge in [-0.3, -0.25) is 9.78 Å². The number of ketones is 1. The number of pyridine rings is 1. The van der Waals surface area contributed by atoms with E-state index in [0.717, 1.165) is 10.9 Å². The summed E-state index contributed by atoms with van der Waals surface area (Å²) in [4.78, 5) is 29.4. The van der Waals surface area contributed by atoms with Crippen LogP contribution >= 0.6 is 0 Å². The topological polar surface area (TPSA) is 87.9 Å². The number of carbonyl (C=O) groups is 2. The number of nitrogens with zero attached hydrogens (tertiary/aromatic N) is 1. The maximum Gasteiger partial charge on any atom is 0.379 e. The Bertz CT molecular complexity index is 1400. The molecular formula is C25H17NO6. The van der Waals surface area contributed by atoms with Crippen molar-refractivity contribution in [3.63, 3.8) is 0 Å². The highest BCUT2D eigenvalue weighted by Crippen LogP contribution is 2.38. The van der Waals surface area contributed by atoms with E-state index in [2.05, 4.69) is 4.98 Å². The van der Waals surface area contributed by atoms with Gasteiger partial charge < -0.3 is 18.6 Å². The van der Waals surface area contributed by atoms with Crippen molar-refractivity contribution in [3.8, 4) is 17.2 Å². The van der Waals surface area contributed by atoms with Gasteiger partial charge in [0.2, 0.25) is 11.5 Å². The number of hydrogen-bond acceptors (Lipinski definition) is 7. The van der Waals surface area contributed by atoms with E-state index >= 15 is 0 Å². The molecule has 7 nitrogen and oxygen atoms in total. The summed E-state index contributed by atoms with van der Waals surface area (Å²) in [6.45, 7) is 1.76. The average molecular weight is 427 g/mol. The van der Waals surface area contributed by atoms with Crippen molar-refractivity contribution in [3.05, 3.63) is 89.1 Å². The second-order valence-electron chi connectivity index (χ2n) is 7.21. The Morgan fingerprint density at radius 2 is 1.91 bits per heavy atom. The molecule has 3 heterocycles. The van der Waals surface area contributed by atoms with Crippen LogP contribution in [0.25, 0.3) is 17.0 Å². The standard InChI is InChI=1S/C25H17NO6/c1-14-10-17(30-25(28)21-12-16-4-3-5-18(29-2)24(16)32-21)13-19-22(14)23(27)20(31-19)11-15-6-8-26-9-7-15/h3-13H,1-2H3/b20-11-. The van der Waals surface area contributed by atoms with E-state index in [4.69, 9.17) is 18.6 Å². The van der Waals surface area contributed by atoms with Gasteiger partial charge in [0.05, 0.1) is 12.7 Å². The predicted octanol–water partition coefficient (Wildman–Crippen LogP) is 4.98. The van der Waals surface area contributed by atoms with E-state index in [1.54, 1.807) is 61.8 Å². The molecule has 1 aliphatic rings. The fourth-order valence-electron chi connectivity index (χ4n) is 3.60. The number of para-hydroxylation sites is 1. The first-order valence-corrected chi connectivity index (χ1v) is 9.81. The summed E-state index contributed by atoms with van der Waals surface area (Å²) in [5, 5.41) is 0.723. The number of ether oxygens (including phenoxy) is 3. The minimum absolute atomic E-state index is 0.0397. The Labute approximate surface area is 182 Å². The van der Waals surface area contributed by atoms with Crippen molar-refractivity contribution in [1.29, 1.82) is 0 Å². The fraction of sp³-hybridized carbons (Fsp3) is 0.0800. The van der Waals surface area contributed by atoms with Gasteiger partial charge >= 0.3 is 5.97 Å². The molecule has 0 unspecified atom stereocenters. The zero-order valence-corrected chi connectivity index (χ0v) is 17.2. The van der Waals surface area contributed by atoms with Crippen molar-refractivity contribution in [2.24, 2.45) is 0 Å². The summed E-state index contributed by atoms with van der Waals surface area (Å²) < 4.78 is 22.2. The number of methoxy groups -OCH3 is 1. The van der Waals surface area contributed by atoms with Crippen molar-refractivity contribution >= 4 is 28.8 Å². The van der Waals surface area contributed by atoms with Gasteiger partial charge in [-0.2, -0.15) is 0 Å². The summed E-state index contributed by atoms with van der Waals surface area (Å²) in [7, 11) is 1.53.